The first-order valence-corrected chi connectivity index (χ1v) is 8.38. The molecule has 2 aromatic carbocycles. The number of hydrogen-bond acceptors (Lipinski definition) is 4. The van der Waals surface area contributed by atoms with Crippen molar-refractivity contribution in [2.45, 2.75) is 29.6 Å². The summed E-state index contributed by atoms with van der Waals surface area (Å²) in [5.74, 6) is -0.656. The molecule has 0 heterocycles. The molecule has 120 valence electrons. The van der Waals surface area contributed by atoms with Crippen LogP contribution in [0.15, 0.2) is 58.3 Å². The van der Waals surface area contributed by atoms with Crippen molar-refractivity contribution in [1.82, 2.24) is 4.90 Å². The zero-order valence-corrected chi connectivity index (χ0v) is 14.7. The Kier molecular flexibility index (Phi) is 6.30. The lowest BCUT2D eigenvalue weighted by molar-refractivity contribution is 0.0610. The molecule has 2 amide bonds. The van der Waals surface area contributed by atoms with Gasteiger partial charge in [0.1, 0.15) is 0 Å². The van der Waals surface area contributed by atoms with Crippen molar-refractivity contribution in [1.29, 1.82) is 0 Å². The minimum absolute atomic E-state index is 0.328. The number of benzene rings is 2. The molecule has 5 heteroatoms. The summed E-state index contributed by atoms with van der Waals surface area (Å²) in [5.41, 5.74) is 0.855. The van der Waals surface area contributed by atoms with Gasteiger partial charge in [0.05, 0.1) is 11.1 Å². The highest BCUT2D eigenvalue weighted by Crippen LogP contribution is 2.20. The quantitative estimate of drug-likeness (QED) is 0.624. The third-order valence-corrected chi connectivity index (χ3v) is 4.27. The summed E-state index contributed by atoms with van der Waals surface area (Å²) in [5, 5.41) is 0. The van der Waals surface area contributed by atoms with E-state index in [-0.39, 0.29) is 11.8 Å². The Balaban J connectivity index is 2.37. The van der Waals surface area contributed by atoms with E-state index in [2.05, 4.69) is 25.3 Å². The van der Waals surface area contributed by atoms with Gasteiger partial charge in [-0.2, -0.15) is 0 Å². The van der Waals surface area contributed by atoms with Crippen LogP contribution in [0.3, 0.4) is 0 Å². The normalized spacial score (nSPS) is 10.4. The monoisotopic (exact) mass is 345 g/mol. The summed E-state index contributed by atoms with van der Waals surface area (Å²) in [6.07, 6.45) is 1.64. The average molecular weight is 345 g/mol. The van der Waals surface area contributed by atoms with E-state index < -0.39 is 0 Å². The van der Waals surface area contributed by atoms with Gasteiger partial charge in [0.25, 0.3) is 11.8 Å². The standard InChI is InChI=1S/C18H19NO2S2/c1-2-3-12-19(17(20)13-8-4-6-10-15(13)22)18(21)14-9-5-7-11-16(14)23/h4-11,22-23H,2-3,12H2,1H3. The van der Waals surface area contributed by atoms with Crippen molar-refractivity contribution in [3.8, 4) is 0 Å². The molecule has 0 aliphatic carbocycles. The van der Waals surface area contributed by atoms with E-state index in [4.69, 9.17) is 0 Å². The van der Waals surface area contributed by atoms with Gasteiger partial charge in [-0.3, -0.25) is 14.5 Å². The highest BCUT2D eigenvalue weighted by Gasteiger charge is 2.25. The smallest absolute Gasteiger partial charge is 0.261 e. The molecular formula is C18H19NO2S2. The van der Waals surface area contributed by atoms with Gasteiger partial charge >= 0.3 is 0 Å². The molecule has 0 fully saturated rings. The van der Waals surface area contributed by atoms with Crippen LogP contribution in [0.1, 0.15) is 40.5 Å². The van der Waals surface area contributed by atoms with E-state index in [0.29, 0.717) is 27.5 Å². The summed E-state index contributed by atoms with van der Waals surface area (Å²) >= 11 is 8.65. The molecule has 23 heavy (non-hydrogen) atoms. The summed E-state index contributed by atoms with van der Waals surface area (Å²) in [4.78, 5) is 28.1. The molecule has 0 saturated heterocycles. The van der Waals surface area contributed by atoms with Gasteiger partial charge in [-0.15, -0.1) is 25.3 Å². The Morgan fingerprint density at radius 1 is 0.870 bits per heavy atom. The van der Waals surface area contributed by atoms with Crippen molar-refractivity contribution in [3.05, 3.63) is 59.7 Å². The predicted molar refractivity (Wildman–Crippen MR) is 97.7 cm³/mol. The molecule has 3 nitrogen and oxygen atoms in total. The zero-order chi connectivity index (χ0) is 16.8. The lowest BCUT2D eigenvalue weighted by Gasteiger charge is -2.22. The van der Waals surface area contributed by atoms with Crippen LogP contribution in [0.2, 0.25) is 0 Å². The van der Waals surface area contributed by atoms with E-state index in [0.717, 1.165) is 12.8 Å². The Morgan fingerprint density at radius 3 is 1.70 bits per heavy atom. The third kappa shape index (κ3) is 4.18. The van der Waals surface area contributed by atoms with Crippen LogP contribution in [0.25, 0.3) is 0 Å². The van der Waals surface area contributed by atoms with Crippen molar-refractivity contribution in [3.63, 3.8) is 0 Å². The van der Waals surface area contributed by atoms with Gasteiger partial charge in [-0.1, -0.05) is 37.6 Å². The molecule has 2 rings (SSSR count). The van der Waals surface area contributed by atoms with Gasteiger partial charge in [-0.05, 0) is 30.7 Å². The van der Waals surface area contributed by atoms with Crippen molar-refractivity contribution < 1.29 is 9.59 Å². The molecule has 0 aliphatic heterocycles. The maximum atomic E-state index is 12.8. The predicted octanol–water partition coefficient (Wildman–Crippen LogP) is 4.35. The summed E-state index contributed by atoms with van der Waals surface area (Å²) in [7, 11) is 0. The number of unbranched alkanes of at least 4 members (excludes halogenated alkanes) is 1. The van der Waals surface area contributed by atoms with Crippen molar-refractivity contribution in [2.75, 3.05) is 6.54 Å². The van der Waals surface area contributed by atoms with E-state index in [9.17, 15) is 9.59 Å². The number of carbonyl (C=O) groups is 2. The first-order chi connectivity index (χ1) is 11.1. The second-order valence-corrected chi connectivity index (χ2v) is 6.11. The molecule has 0 aromatic heterocycles. The van der Waals surface area contributed by atoms with Gasteiger partial charge in [0.15, 0.2) is 0 Å². The first kappa shape index (κ1) is 17.6. The second-order valence-electron chi connectivity index (χ2n) is 5.15. The van der Waals surface area contributed by atoms with Crippen LogP contribution in [0, 0.1) is 0 Å². The number of rotatable bonds is 5. The van der Waals surface area contributed by atoms with Crippen LogP contribution in [-0.2, 0) is 0 Å². The second kappa shape index (κ2) is 8.22. The molecule has 0 atom stereocenters. The fraction of sp³-hybridized carbons (Fsp3) is 0.222. The zero-order valence-electron chi connectivity index (χ0n) is 12.9. The topological polar surface area (TPSA) is 37.4 Å². The van der Waals surface area contributed by atoms with Crippen LogP contribution >= 0.6 is 25.3 Å². The van der Waals surface area contributed by atoms with Crippen molar-refractivity contribution >= 4 is 37.1 Å². The first-order valence-electron chi connectivity index (χ1n) is 7.48. The van der Waals surface area contributed by atoms with Gasteiger partial charge < -0.3 is 0 Å². The molecule has 0 radical (unpaired) electrons. The fourth-order valence-electron chi connectivity index (χ4n) is 2.21. The Morgan fingerprint density at radius 2 is 1.30 bits per heavy atom. The van der Waals surface area contributed by atoms with Crippen LogP contribution < -0.4 is 0 Å². The number of amides is 2. The molecule has 0 spiro atoms. The number of thiol groups is 2. The van der Waals surface area contributed by atoms with E-state index in [1.165, 1.54) is 4.90 Å². The number of carbonyl (C=O) groups excluding carboxylic acids is 2. The maximum absolute atomic E-state index is 12.8. The molecule has 0 saturated carbocycles. The summed E-state index contributed by atoms with van der Waals surface area (Å²) in [6.45, 7) is 2.39. The number of nitrogens with zero attached hydrogens (tertiary/aromatic N) is 1. The molecule has 2 aromatic rings. The lowest BCUT2D eigenvalue weighted by Crippen LogP contribution is -2.38. The highest BCUT2D eigenvalue weighted by atomic mass is 32.1. The van der Waals surface area contributed by atoms with Crippen LogP contribution in [-0.4, -0.2) is 23.3 Å². The lowest BCUT2D eigenvalue weighted by atomic mass is 10.1. The fourth-order valence-corrected chi connectivity index (χ4v) is 2.72. The summed E-state index contributed by atoms with van der Waals surface area (Å²) < 4.78 is 0. The van der Waals surface area contributed by atoms with E-state index in [1.54, 1.807) is 48.5 Å². The Hall–Kier alpha value is -1.72. The minimum Gasteiger partial charge on any atom is -0.274 e. The molecule has 0 aliphatic rings. The summed E-state index contributed by atoms with van der Waals surface area (Å²) in [6, 6.07) is 14.0. The molecule has 0 bridgehead atoms. The highest BCUT2D eigenvalue weighted by molar-refractivity contribution is 7.80. The number of imide groups is 1. The third-order valence-electron chi connectivity index (χ3n) is 3.49. The van der Waals surface area contributed by atoms with Crippen LogP contribution in [0.5, 0.6) is 0 Å². The minimum atomic E-state index is -0.328. The van der Waals surface area contributed by atoms with Crippen molar-refractivity contribution in [2.24, 2.45) is 0 Å². The molecule has 0 unspecified atom stereocenters. The van der Waals surface area contributed by atoms with Gasteiger partial charge in [0, 0.05) is 16.3 Å². The maximum Gasteiger partial charge on any atom is 0.261 e. The average Bonchev–Trinajstić information content (AvgIpc) is 2.55. The molecular weight excluding hydrogens is 326 g/mol. The SMILES string of the molecule is CCCCN(C(=O)c1ccccc1S)C(=O)c1ccccc1S. The number of hydrogen-bond donors (Lipinski definition) is 2. The van der Waals surface area contributed by atoms with E-state index in [1.807, 2.05) is 6.92 Å². The van der Waals surface area contributed by atoms with Gasteiger partial charge in [-0.25, -0.2) is 0 Å². The Labute approximate surface area is 147 Å². The van der Waals surface area contributed by atoms with Crippen LogP contribution in [0.4, 0.5) is 0 Å². The Bertz CT molecular complexity index is 658. The van der Waals surface area contributed by atoms with Gasteiger partial charge in [0.2, 0.25) is 0 Å². The largest absolute Gasteiger partial charge is 0.274 e. The van der Waals surface area contributed by atoms with E-state index >= 15 is 0 Å². The molecule has 0 N–H and O–H groups in total.